The van der Waals surface area contributed by atoms with Gasteiger partial charge in [-0.3, -0.25) is 4.79 Å². The minimum atomic E-state index is -3.49. The highest BCUT2D eigenvalue weighted by molar-refractivity contribution is 7.90. The zero-order chi connectivity index (χ0) is 20.4. The molecule has 0 aromatic heterocycles. The van der Waals surface area contributed by atoms with Crippen molar-refractivity contribution in [2.24, 2.45) is 0 Å². The molecule has 6 nitrogen and oxygen atoms in total. The molecular formula is C20H23NO5S. The van der Waals surface area contributed by atoms with Crippen LogP contribution in [0.2, 0.25) is 0 Å². The molecule has 2 aromatic carbocycles. The largest absolute Gasteiger partial charge is 0.479 e. The third kappa shape index (κ3) is 4.74. The van der Waals surface area contributed by atoms with Crippen molar-refractivity contribution < 1.29 is 23.1 Å². The molecular weight excluding hydrogens is 366 g/mol. The van der Waals surface area contributed by atoms with E-state index in [1.165, 1.54) is 12.1 Å². The van der Waals surface area contributed by atoms with Crippen LogP contribution in [-0.4, -0.2) is 31.7 Å². The van der Waals surface area contributed by atoms with Gasteiger partial charge in [0.25, 0.3) is 5.91 Å². The summed E-state index contributed by atoms with van der Waals surface area (Å²) in [6.45, 7) is 5.62. The average molecular weight is 389 g/mol. The minimum absolute atomic E-state index is 0.0166. The maximum Gasteiger partial charge on any atom is 0.330 e. The molecule has 0 spiro atoms. The standard InChI is InChI=1S/C20H23NO5S/c1-5-14-8-9-16(27(4,25)26)11-17(14)19(22)21-18(20(23)24)15-7-6-12(2)13(3)10-15/h6-11,18H,5H2,1-4H3,(H,21,22)(H,23,24). The zero-order valence-corrected chi connectivity index (χ0v) is 16.6. The number of hydrogen-bond acceptors (Lipinski definition) is 4. The van der Waals surface area contributed by atoms with Gasteiger partial charge in [-0.25, -0.2) is 13.2 Å². The van der Waals surface area contributed by atoms with Gasteiger partial charge in [0.2, 0.25) is 0 Å². The van der Waals surface area contributed by atoms with Gasteiger partial charge in [-0.2, -0.15) is 0 Å². The van der Waals surface area contributed by atoms with Crippen molar-refractivity contribution in [1.82, 2.24) is 5.32 Å². The van der Waals surface area contributed by atoms with Gasteiger partial charge in [0.15, 0.2) is 15.9 Å². The van der Waals surface area contributed by atoms with Crippen molar-refractivity contribution in [2.45, 2.75) is 38.1 Å². The molecule has 0 aliphatic carbocycles. The first-order valence-electron chi connectivity index (χ1n) is 8.48. The molecule has 27 heavy (non-hydrogen) atoms. The molecule has 2 aromatic rings. The summed E-state index contributed by atoms with van der Waals surface area (Å²) in [7, 11) is -3.49. The van der Waals surface area contributed by atoms with Crippen molar-refractivity contribution >= 4 is 21.7 Å². The number of hydrogen-bond donors (Lipinski definition) is 2. The average Bonchev–Trinajstić information content (AvgIpc) is 2.60. The van der Waals surface area contributed by atoms with E-state index < -0.39 is 27.8 Å². The van der Waals surface area contributed by atoms with E-state index in [9.17, 15) is 23.1 Å². The molecule has 1 amide bonds. The Balaban J connectivity index is 2.43. The van der Waals surface area contributed by atoms with Gasteiger partial charge < -0.3 is 10.4 Å². The maximum atomic E-state index is 12.8. The number of aliphatic carboxylic acids is 1. The summed E-state index contributed by atoms with van der Waals surface area (Å²) < 4.78 is 23.6. The Kier molecular flexibility index (Phi) is 6.05. The number of benzene rings is 2. The third-order valence-corrected chi connectivity index (χ3v) is 5.63. The lowest BCUT2D eigenvalue weighted by Gasteiger charge is -2.18. The van der Waals surface area contributed by atoms with Gasteiger partial charge in [0.1, 0.15) is 0 Å². The first kappa shape index (κ1) is 20.6. The van der Waals surface area contributed by atoms with E-state index >= 15 is 0 Å². The van der Waals surface area contributed by atoms with Crippen molar-refractivity contribution in [3.63, 3.8) is 0 Å². The van der Waals surface area contributed by atoms with E-state index in [-0.39, 0.29) is 10.5 Å². The Morgan fingerprint density at radius 3 is 2.26 bits per heavy atom. The number of carbonyl (C=O) groups is 2. The second-order valence-corrected chi connectivity index (χ2v) is 8.55. The van der Waals surface area contributed by atoms with Crippen LogP contribution in [0.5, 0.6) is 0 Å². The summed E-state index contributed by atoms with van der Waals surface area (Å²) in [5, 5.41) is 12.1. The van der Waals surface area contributed by atoms with Gasteiger partial charge >= 0.3 is 5.97 Å². The van der Waals surface area contributed by atoms with Crippen LogP contribution in [0.1, 0.15) is 45.6 Å². The van der Waals surface area contributed by atoms with E-state index in [1.54, 1.807) is 24.3 Å². The molecule has 0 saturated heterocycles. The Hall–Kier alpha value is -2.67. The first-order valence-corrected chi connectivity index (χ1v) is 10.4. The summed E-state index contributed by atoms with van der Waals surface area (Å²) in [5.41, 5.74) is 3.19. The van der Waals surface area contributed by atoms with Gasteiger partial charge in [-0.1, -0.05) is 31.2 Å². The Morgan fingerprint density at radius 2 is 1.74 bits per heavy atom. The molecule has 7 heteroatoms. The van der Waals surface area contributed by atoms with Crippen LogP contribution in [0.25, 0.3) is 0 Å². The summed E-state index contributed by atoms with van der Waals surface area (Å²) in [5.74, 6) is -1.81. The van der Waals surface area contributed by atoms with Crippen molar-refractivity contribution in [2.75, 3.05) is 6.26 Å². The quantitative estimate of drug-likeness (QED) is 0.791. The van der Waals surface area contributed by atoms with E-state index in [2.05, 4.69) is 5.32 Å². The summed E-state index contributed by atoms with van der Waals surface area (Å²) in [4.78, 5) is 24.5. The van der Waals surface area contributed by atoms with Crippen LogP contribution in [0, 0.1) is 13.8 Å². The lowest BCUT2D eigenvalue weighted by atomic mass is 10.00. The number of amides is 1. The van der Waals surface area contributed by atoms with E-state index in [1.807, 2.05) is 20.8 Å². The smallest absolute Gasteiger partial charge is 0.330 e. The predicted molar refractivity (Wildman–Crippen MR) is 103 cm³/mol. The normalized spacial score (nSPS) is 12.4. The highest BCUT2D eigenvalue weighted by Gasteiger charge is 2.25. The fraction of sp³-hybridized carbons (Fsp3) is 0.300. The van der Waals surface area contributed by atoms with Crippen LogP contribution in [0.15, 0.2) is 41.3 Å². The molecule has 0 aliphatic heterocycles. The van der Waals surface area contributed by atoms with Gasteiger partial charge in [0, 0.05) is 11.8 Å². The molecule has 0 fully saturated rings. The first-order chi connectivity index (χ1) is 12.5. The topological polar surface area (TPSA) is 101 Å². The monoisotopic (exact) mass is 389 g/mol. The number of carboxylic acid groups (broad SMARTS) is 1. The number of carbonyl (C=O) groups excluding carboxylic acids is 1. The Bertz CT molecular complexity index is 995. The van der Waals surface area contributed by atoms with Crippen LogP contribution in [-0.2, 0) is 21.1 Å². The minimum Gasteiger partial charge on any atom is -0.479 e. The van der Waals surface area contributed by atoms with Crippen molar-refractivity contribution in [3.8, 4) is 0 Å². The van der Waals surface area contributed by atoms with Crippen molar-refractivity contribution in [1.29, 1.82) is 0 Å². The van der Waals surface area contributed by atoms with Gasteiger partial charge in [-0.15, -0.1) is 0 Å². The number of carboxylic acids is 1. The van der Waals surface area contributed by atoms with Gasteiger partial charge in [-0.05, 0) is 54.7 Å². The molecule has 2 rings (SSSR count). The molecule has 0 aliphatic rings. The Morgan fingerprint density at radius 1 is 1.07 bits per heavy atom. The van der Waals surface area contributed by atoms with Gasteiger partial charge in [0.05, 0.1) is 4.90 Å². The summed E-state index contributed by atoms with van der Waals surface area (Å²) >= 11 is 0. The van der Waals surface area contributed by atoms with Crippen LogP contribution in [0.3, 0.4) is 0 Å². The van der Waals surface area contributed by atoms with Crippen LogP contribution < -0.4 is 5.32 Å². The second-order valence-electron chi connectivity index (χ2n) is 6.53. The number of sulfone groups is 1. The van der Waals surface area contributed by atoms with Crippen molar-refractivity contribution in [3.05, 3.63) is 64.2 Å². The molecule has 2 N–H and O–H groups in total. The highest BCUT2D eigenvalue weighted by atomic mass is 32.2. The van der Waals surface area contributed by atoms with Crippen LogP contribution in [0.4, 0.5) is 0 Å². The van der Waals surface area contributed by atoms with Crippen LogP contribution >= 0.6 is 0 Å². The molecule has 0 bridgehead atoms. The fourth-order valence-electron chi connectivity index (χ4n) is 2.75. The second kappa shape index (κ2) is 7.92. The molecule has 1 unspecified atom stereocenters. The number of rotatable bonds is 6. The predicted octanol–water partition coefficient (Wildman–Crippen LogP) is 2.83. The molecule has 0 heterocycles. The SMILES string of the molecule is CCc1ccc(S(C)(=O)=O)cc1C(=O)NC(C(=O)O)c1ccc(C)c(C)c1. The molecule has 144 valence electrons. The zero-order valence-electron chi connectivity index (χ0n) is 15.7. The molecule has 1 atom stereocenters. The highest BCUT2D eigenvalue weighted by Crippen LogP contribution is 2.21. The fourth-order valence-corrected chi connectivity index (χ4v) is 3.39. The molecule has 0 saturated carbocycles. The lowest BCUT2D eigenvalue weighted by molar-refractivity contribution is -0.139. The molecule has 0 radical (unpaired) electrons. The number of nitrogens with one attached hydrogen (secondary N) is 1. The van der Waals surface area contributed by atoms with E-state index in [4.69, 9.17) is 0 Å². The van der Waals surface area contributed by atoms with E-state index in [0.717, 1.165) is 17.4 Å². The van der Waals surface area contributed by atoms with E-state index in [0.29, 0.717) is 17.5 Å². The third-order valence-electron chi connectivity index (χ3n) is 4.52. The summed E-state index contributed by atoms with van der Waals surface area (Å²) in [6, 6.07) is 8.28. The maximum absolute atomic E-state index is 12.8. The number of aryl methyl sites for hydroxylation is 3. The Labute approximate surface area is 159 Å². The summed E-state index contributed by atoms with van der Waals surface area (Å²) in [6.07, 6.45) is 1.57. The lowest BCUT2D eigenvalue weighted by Crippen LogP contribution is -2.34.